The van der Waals surface area contributed by atoms with Crippen molar-refractivity contribution < 1.29 is 14.3 Å². The van der Waals surface area contributed by atoms with Crippen LogP contribution in [0.2, 0.25) is 5.02 Å². The van der Waals surface area contributed by atoms with Crippen molar-refractivity contribution in [3.8, 4) is 0 Å². The topological polar surface area (TPSA) is 35.5 Å². The number of carbonyl (C=O) groups is 1. The van der Waals surface area contributed by atoms with Crippen LogP contribution in [0.4, 0.5) is 0 Å². The average Bonchev–Trinajstić information content (AvgIpc) is 2.50. The molecule has 2 aliphatic heterocycles. The van der Waals surface area contributed by atoms with E-state index >= 15 is 0 Å². The molecule has 0 radical (unpaired) electrons. The highest BCUT2D eigenvalue weighted by Gasteiger charge is 2.41. The molecule has 21 heavy (non-hydrogen) atoms. The molecule has 5 heteroatoms. The van der Waals surface area contributed by atoms with Crippen molar-refractivity contribution in [3.05, 3.63) is 33.3 Å². The molecule has 2 aliphatic rings. The van der Waals surface area contributed by atoms with Gasteiger partial charge in [0.05, 0.1) is 10.6 Å². The van der Waals surface area contributed by atoms with Gasteiger partial charge in [-0.25, -0.2) is 0 Å². The molecule has 0 amide bonds. The molecule has 2 fully saturated rings. The zero-order chi connectivity index (χ0) is 14.9. The fourth-order valence-electron chi connectivity index (χ4n) is 3.25. The quantitative estimate of drug-likeness (QED) is 0.727. The highest BCUT2D eigenvalue weighted by atomic mass is 79.9. The van der Waals surface area contributed by atoms with Gasteiger partial charge >= 0.3 is 0 Å². The zero-order valence-electron chi connectivity index (χ0n) is 11.7. The Morgan fingerprint density at radius 3 is 2.81 bits per heavy atom. The number of carbonyl (C=O) groups excluding carboxylic acids is 1. The molecule has 1 unspecified atom stereocenters. The Labute approximate surface area is 138 Å². The first-order valence-corrected chi connectivity index (χ1v) is 8.48. The normalized spacial score (nSPS) is 25.0. The highest BCUT2D eigenvalue weighted by molar-refractivity contribution is 9.10. The molecule has 0 bridgehead atoms. The standard InChI is InChI=1S/C16H18BrClO3/c17-12-1-2-14(18)13(9-12)15(19)11-3-6-21-16(10-11)4-7-20-8-5-16/h1-2,9,11H,3-8,10H2. The molecule has 2 heterocycles. The number of Topliss-reactive ketones (excluding diaryl/α,β-unsaturated/α-hetero) is 1. The predicted molar refractivity (Wildman–Crippen MR) is 84.9 cm³/mol. The summed E-state index contributed by atoms with van der Waals surface area (Å²) in [6.45, 7) is 2.08. The van der Waals surface area contributed by atoms with Gasteiger partial charge in [-0.3, -0.25) is 4.79 Å². The Kier molecular flexibility index (Phi) is 4.69. The maximum Gasteiger partial charge on any atom is 0.167 e. The molecule has 1 aromatic rings. The Bertz CT molecular complexity index is 535. The average molecular weight is 374 g/mol. The molecule has 0 saturated carbocycles. The molecule has 1 spiro atoms. The summed E-state index contributed by atoms with van der Waals surface area (Å²) in [5.74, 6) is 0.124. The molecule has 0 N–H and O–H groups in total. The van der Waals surface area contributed by atoms with Crippen molar-refractivity contribution >= 4 is 33.3 Å². The summed E-state index contributed by atoms with van der Waals surface area (Å²) in [6.07, 6.45) is 3.30. The number of hydrogen-bond donors (Lipinski definition) is 0. The number of halogens is 2. The number of ether oxygens (including phenoxy) is 2. The van der Waals surface area contributed by atoms with E-state index in [1.54, 1.807) is 6.07 Å². The molecule has 3 rings (SSSR count). The summed E-state index contributed by atoms with van der Waals surface area (Å²) in [5.41, 5.74) is 0.440. The van der Waals surface area contributed by atoms with Gasteiger partial charge in [-0.05, 0) is 43.9 Å². The largest absolute Gasteiger partial charge is 0.381 e. The summed E-state index contributed by atoms with van der Waals surface area (Å²) in [6, 6.07) is 5.43. The van der Waals surface area contributed by atoms with E-state index in [2.05, 4.69) is 15.9 Å². The van der Waals surface area contributed by atoms with Gasteiger partial charge in [0, 0.05) is 35.8 Å². The van der Waals surface area contributed by atoms with Gasteiger partial charge in [-0.1, -0.05) is 27.5 Å². The minimum Gasteiger partial charge on any atom is -0.381 e. The van der Waals surface area contributed by atoms with E-state index < -0.39 is 0 Å². The lowest BCUT2D eigenvalue weighted by atomic mass is 9.78. The third-order valence-electron chi connectivity index (χ3n) is 4.46. The van der Waals surface area contributed by atoms with Gasteiger partial charge in [-0.15, -0.1) is 0 Å². The maximum atomic E-state index is 12.8. The van der Waals surface area contributed by atoms with Crippen molar-refractivity contribution in [2.75, 3.05) is 19.8 Å². The van der Waals surface area contributed by atoms with Gasteiger partial charge in [-0.2, -0.15) is 0 Å². The van der Waals surface area contributed by atoms with Crippen LogP contribution in [0.15, 0.2) is 22.7 Å². The Hall–Kier alpha value is -0.420. The fraction of sp³-hybridized carbons (Fsp3) is 0.562. The molecule has 3 nitrogen and oxygen atoms in total. The van der Waals surface area contributed by atoms with Crippen LogP contribution >= 0.6 is 27.5 Å². The number of hydrogen-bond acceptors (Lipinski definition) is 3. The van der Waals surface area contributed by atoms with Crippen molar-refractivity contribution in [1.29, 1.82) is 0 Å². The van der Waals surface area contributed by atoms with E-state index in [0.29, 0.717) is 17.2 Å². The predicted octanol–water partition coefficient (Wildman–Crippen LogP) is 4.26. The van der Waals surface area contributed by atoms with E-state index in [1.165, 1.54) is 0 Å². The highest BCUT2D eigenvalue weighted by Crippen LogP contribution is 2.39. The maximum absolute atomic E-state index is 12.8. The van der Waals surface area contributed by atoms with E-state index in [9.17, 15) is 4.79 Å². The van der Waals surface area contributed by atoms with E-state index in [0.717, 1.165) is 43.4 Å². The third-order valence-corrected chi connectivity index (χ3v) is 5.28. The molecular formula is C16H18BrClO3. The van der Waals surface area contributed by atoms with Crippen LogP contribution < -0.4 is 0 Å². The van der Waals surface area contributed by atoms with Crippen LogP contribution in [0.3, 0.4) is 0 Å². The summed E-state index contributed by atoms with van der Waals surface area (Å²) in [5, 5.41) is 0.524. The Morgan fingerprint density at radius 1 is 1.29 bits per heavy atom. The first-order chi connectivity index (χ1) is 10.1. The lowest BCUT2D eigenvalue weighted by Crippen LogP contribution is -2.45. The van der Waals surface area contributed by atoms with Crippen LogP contribution in [-0.4, -0.2) is 31.2 Å². The molecular weight excluding hydrogens is 356 g/mol. The Balaban J connectivity index is 1.79. The first kappa shape index (κ1) is 15.5. The SMILES string of the molecule is O=C(c1cc(Br)ccc1Cl)C1CCOC2(CCOCC2)C1. The lowest BCUT2D eigenvalue weighted by molar-refractivity contribution is -0.142. The molecule has 0 aliphatic carbocycles. The van der Waals surface area contributed by atoms with Crippen LogP contribution in [0.1, 0.15) is 36.0 Å². The van der Waals surface area contributed by atoms with E-state index in [1.807, 2.05) is 12.1 Å². The summed E-state index contributed by atoms with van der Waals surface area (Å²) >= 11 is 9.60. The molecule has 114 valence electrons. The zero-order valence-corrected chi connectivity index (χ0v) is 14.1. The van der Waals surface area contributed by atoms with E-state index in [4.69, 9.17) is 21.1 Å². The van der Waals surface area contributed by atoms with Crippen LogP contribution in [0.5, 0.6) is 0 Å². The van der Waals surface area contributed by atoms with Gasteiger partial charge in [0.2, 0.25) is 0 Å². The van der Waals surface area contributed by atoms with Crippen molar-refractivity contribution in [2.24, 2.45) is 5.92 Å². The second kappa shape index (κ2) is 6.37. The molecule has 1 aromatic carbocycles. The lowest BCUT2D eigenvalue weighted by Gasteiger charge is -2.43. The smallest absolute Gasteiger partial charge is 0.167 e. The minimum atomic E-state index is -0.171. The molecule has 0 aromatic heterocycles. The van der Waals surface area contributed by atoms with E-state index in [-0.39, 0.29) is 17.3 Å². The van der Waals surface area contributed by atoms with Gasteiger partial charge in [0.1, 0.15) is 0 Å². The Morgan fingerprint density at radius 2 is 2.05 bits per heavy atom. The van der Waals surface area contributed by atoms with Gasteiger partial charge < -0.3 is 9.47 Å². The number of rotatable bonds is 2. The summed E-state index contributed by atoms with van der Waals surface area (Å²) in [7, 11) is 0. The minimum absolute atomic E-state index is 0.0105. The monoisotopic (exact) mass is 372 g/mol. The van der Waals surface area contributed by atoms with Crippen LogP contribution in [-0.2, 0) is 9.47 Å². The van der Waals surface area contributed by atoms with Crippen molar-refractivity contribution in [1.82, 2.24) is 0 Å². The second-order valence-electron chi connectivity index (χ2n) is 5.82. The second-order valence-corrected chi connectivity index (χ2v) is 7.14. The molecule has 2 saturated heterocycles. The van der Waals surface area contributed by atoms with Crippen LogP contribution in [0, 0.1) is 5.92 Å². The fourth-order valence-corrected chi connectivity index (χ4v) is 3.82. The van der Waals surface area contributed by atoms with Crippen molar-refractivity contribution in [3.63, 3.8) is 0 Å². The van der Waals surface area contributed by atoms with Crippen LogP contribution in [0.25, 0.3) is 0 Å². The van der Waals surface area contributed by atoms with Gasteiger partial charge in [0.15, 0.2) is 5.78 Å². The summed E-state index contributed by atoms with van der Waals surface area (Å²) in [4.78, 5) is 12.8. The third kappa shape index (κ3) is 3.34. The number of benzene rings is 1. The summed E-state index contributed by atoms with van der Waals surface area (Å²) < 4.78 is 12.3. The van der Waals surface area contributed by atoms with Crippen molar-refractivity contribution in [2.45, 2.75) is 31.3 Å². The first-order valence-electron chi connectivity index (χ1n) is 7.31. The molecule has 1 atom stereocenters. The van der Waals surface area contributed by atoms with Gasteiger partial charge in [0.25, 0.3) is 0 Å². The number of ketones is 1.